The molecular weight excluding hydrogens is 334 g/mol. The maximum atomic E-state index is 10.7. The number of halogens is 1. The van der Waals surface area contributed by atoms with Crippen LogP contribution in [0.1, 0.15) is 44.0 Å². The van der Waals surface area contributed by atoms with Gasteiger partial charge in [-0.1, -0.05) is 48.8 Å². The van der Waals surface area contributed by atoms with Crippen LogP contribution in [0.5, 0.6) is 0 Å². The molecule has 0 radical (unpaired) electrons. The Labute approximate surface area is 133 Å². The van der Waals surface area contributed by atoms with Crippen molar-refractivity contribution in [1.29, 1.82) is 0 Å². The molecule has 1 aromatic heterocycles. The van der Waals surface area contributed by atoms with Crippen molar-refractivity contribution in [3.8, 4) is 0 Å². The number of aromatic nitrogens is 1. The standard InChI is InChI=1S/C16H20BrNOS/c1-15(2,3)13-10-20-14(18-13)9-16(4,19)11-6-5-7-12(17)8-11/h5-8,10,19H,9H2,1-4H3. The van der Waals surface area contributed by atoms with E-state index in [1.165, 1.54) is 0 Å². The summed E-state index contributed by atoms with van der Waals surface area (Å²) in [7, 11) is 0. The molecule has 0 amide bonds. The third-order valence-corrected chi connectivity index (χ3v) is 4.60. The van der Waals surface area contributed by atoms with E-state index < -0.39 is 5.60 Å². The second-order valence-corrected chi connectivity index (χ2v) is 8.20. The Morgan fingerprint density at radius 3 is 2.50 bits per heavy atom. The van der Waals surface area contributed by atoms with E-state index >= 15 is 0 Å². The van der Waals surface area contributed by atoms with Crippen LogP contribution in [0.15, 0.2) is 34.1 Å². The predicted octanol–water partition coefficient (Wildman–Crippen LogP) is 4.65. The molecule has 0 saturated heterocycles. The van der Waals surface area contributed by atoms with Gasteiger partial charge in [-0.3, -0.25) is 0 Å². The fraction of sp³-hybridized carbons (Fsp3) is 0.438. The Morgan fingerprint density at radius 1 is 1.25 bits per heavy atom. The summed E-state index contributed by atoms with van der Waals surface area (Å²) in [6, 6.07) is 7.80. The highest BCUT2D eigenvalue weighted by molar-refractivity contribution is 9.10. The number of rotatable bonds is 3. The molecule has 0 spiro atoms. The molecule has 4 heteroatoms. The zero-order chi connectivity index (χ0) is 15.0. The van der Waals surface area contributed by atoms with Gasteiger partial charge in [-0.25, -0.2) is 4.98 Å². The molecule has 1 aromatic carbocycles. The number of benzene rings is 1. The molecule has 2 rings (SSSR count). The summed E-state index contributed by atoms with van der Waals surface area (Å²) in [4.78, 5) is 4.66. The quantitative estimate of drug-likeness (QED) is 0.870. The minimum atomic E-state index is -0.906. The van der Waals surface area contributed by atoms with E-state index in [0.717, 1.165) is 20.7 Å². The van der Waals surface area contributed by atoms with Gasteiger partial charge >= 0.3 is 0 Å². The van der Waals surface area contributed by atoms with Gasteiger partial charge in [0.15, 0.2) is 0 Å². The van der Waals surface area contributed by atoms with Crippen LogP contribution in [0.4, 0.5) is 0 Å². The van der Waals surface area contributed by atoms with Crippen LogP contribution >= 0.6 is 27.3 Å². The highest BCUT2D eigenvalue weighted by Gasteiger charge is 2.26. The molecule has 2 aromatic rings. The summed E-state index contributed by atoms with van der Waals surface area (Å²) in [6.45, 7) is 8.29. The normalized spacial score (nSPS) is 15.1. The van der Waals surface area contributed by atoms with Gasteiger partial charge in [-0.15, -0.1) is 11.3 Å². The van der Waals surface area contributed by atoms with Gasteiger partial charge in [-0.05, 0) is 24.6 Å². The lowest BCUT2D eigenvalue weighted by molar-refractivity contribution is 0.0574. The summed E-state index contributed by atoms with van der Waals surface area (Å²) in [5.41, 5.74) is 1.13. The zero-order valence-corrected chi connectivity index (χ0v) is 14.7. The second kappa shape index (κ2) is 5.58. The van der Waals surface area contributed by atoms with Crippen LogP contribution in [0, 0.1) is 0 Å². The minimum Gasteiger partial charge on any atom is -0.385 e. The fourth-order valence-corrected chi connectivity index (χ4v) is 3.53. The molecule has 0 saturated carbocycles. The van der Waals surface area contributed by atoms with Gasteiger partial charge in [-0.2, -0.15) is 0 Å². The highest BCUT2D eigenvalue weighted by Crippen LogP contribution is 2.30. The van der Waals surface area contributed by atoms with E-state index in [9.17, 15) is 5.11 Å². The lowest BCUT2D eigenvalue weighted by Crippen LogP contribution is -2.24. The Balaban J connectivity index is 2.22. The SMILES string of the molecule is CC(C)(C)c1csc(CC(C)(O)c2cccc(Br)c2)n1. The summed E-state index contributed by atoms with van der Waals surface area (Å²) >= 11 is 5.07. The van der Waals surface area contributed by atoms with Crippen molar-refractivity contribution in [3.05, 3.63) is 50.4 Å². The van der Waals surface area contributed by atoms with Crippen LogP contribution in [-0.2, 0) is 17.4 Å². The number of aliphatic hydroxyl groups is 1. The average Bonchev–Trinajstić information content (AvgIpc) is 2.76. The molecule has 20 heavy (non-hydrogen) atoms. The summed E-state index contributed by atoms with van der Waals surface area (Å²) < 4.78 is 0.977. The van der Waals surface area contributed by atoms with Crippen LogP contribution in [-0.4, -0.2) is 10.1 Å². The molecule has 0 bridgehead atoms. The molecule has 108 valence electrons. The first-order chi connectivity index (χ1) is 9.18. The van der Waals surface area contributed by atoms with E-state index in [1.807, 2.05) is 31.2 Å². The van der Waals surface area contributed by atoms with Crippen molar-refractivity contribution in [2.45, 2.75) is 45.1 Å². The average molecular weight is 354 g/mol. The number of hydrogen-bond acceptors (Lipinski definition) is 3. The lowest BCUT2D eigenvalue weighted by Gasteiger charge is -2.23. The van der Waals surface area contributed by atoms with Gasteiger partial charge in [0, 0.05) is 21.7 Å². The van der Waals surface area contributed by atoms with Crippen molar-refractivity contribution in [2.75, 3.05) is 0 Å². The lowest BCUT2D eigenvalue weighted by atomic mass is 9.92. The van der Waals surface area contributed by atoms with Crippen molar-refractivity contribution >= 4 is 27.3 Å². The molecule has 1 N–H and O–H groups in total. The van der Waals surface area contributed by atoms with Crippen LogP contribution in [0.2, 0.25) is 0 Å². The first kappa shape index (κ1) is 15.7. The van der Waals surface area contributed by atoms with Crippen molar-refractivity contribution < 1.29 is 5.11 Å². The molecule has 2 nitrogen and oxygen atoms in total. The molecule has 1 heterocycles. The van der Waals surface area contributed by atoms with Crippen LogP contribution in [0.3, 0.4) is 0 Å². The Hall–Kier alpha value is -0.710. The van der Waals surface area contributed by atoms with Crippen LogP contribution in [0.25, 0.3) is 0 Å². The van der Waals surface area contributed by atoms with Crippen molar-refractivity contribution in [3.63, 3.8) is 0 Å². The van der Waals surface area contributed by atoms with Gasteiger partial charge in [0.25, 0.3) is 0 Å². The monoisotopic (exact) mass is 353 g/mol. The van der Waals surface area contributed by atoms with E-state index in [1.54, 1.807) is 11.3 Å². The molecule has 0 aliphatic rings. The van der Waals surface area contributed by atoms with Crippen LogP contribution < -0.4 is 0 Å². The second-order valence-electron chi connectivity index (χ2n) is 6.34. The number of thiazole rings is 1. The smallest absolute Gasteiger partial charge is 0.0960 e. The fourth-order valence-electron chi connectivity index (χ4n) is 1.96. The first-order valence-corrected chi connectivity index (χ1v) is 8.29. The largest absolute Gasteiger partial charge is 0.385 e. The summed E-state index contributed by atoms with van der Waals surface area (Å²) in [5.74, 6) is 0. The van der Waals surface area contributed by atoms with Crippen molar-refractivity contribution in [2.24, 2.45) is 0 Å². The third-order valence-electron chi connectivity index (χ3n) is 3.26. The molecule has 0 aliphatic heterocycles. The van der Waals surface area contributed by atoms with E-state index in [4.69, 9.17) is 0 Å². The first-order valence-electron chi connectivity index (χ1n) is 6.62. The Bertz CT molecular complexity index is 599. The van der Waals surface area contributed by atoms with Crippen molar-refractivity contribution in [1.82, 2.24) is 4.98 Å². The zero-order valence-electron chi connectivity index (χ0n) is 12.3. The molecular formula is C16H20BrNOS. The van der Waals surface area contributed by atoms with Gasteiger partial charge in [0.05, 0.1) is 16.3 Å². The molecule has 0 aliphatic carbocycles. The maximum Gasteiger partial charge on any atom is 0.0960 e. The van der Waals surface area contributed by atoms with E-state index in [0.29, 0.717) is 6.42 Å². The summed E-state index contributed by atoms with van der Waals surface area (Å²) in [6.07, 6.45) is 0.532. The third kappa shape index (κ3) is 3.68. The molecule has 1 unspecified atom stereocenters. The van der Waals surface area contributed by atoms with Gasteiger partial charge < -0.3 is 5.11 Å². The summed E-state index contributed by atoms with van der Waals surface area (Å²) in [5, 5.41) is 13.8. The molecule has 0 fully saturated rings. The molecule has 1 atom stereocenters. The van der Waals surface area contributed by atoms with E-state index in [-0.39, 0.29) is 5.41 Å². The maximum absolute atomic E-state index is 10.7. The Morgan fingerprint density at radius 2 is 1.95 bits per heavy atom. The highest BCUT2D eigenvalue weighted by atomic mass is 79.9. The Kier molecular flexibility index (Phi) is 4.38. The van der Waals surface area contributed by atoms with Gasteiger partial charge in [0.2, 0.25) is 0 Å². The topological polar surface area (TPSA) is 33.1 Å². The number of hydrogen-bond donors (Lipinski definition) is 1. The van der Waals surface area contributed by atoms with Gasteiger partial charge in [0.1, 0.15) is 0 Å². The minimum absolute atomic E-state index is 0.0520. The number of nitrogens with zero attached hydrogens (tertiary/aromatic N) is 1. The van der Waals surface area contributed by atoms with E-state index in [2.05, 4.69) is 47.1 Å². The predicted molar refractivity (Wildman–Crippen MR) is 88.2 cm³/mol.